The minimum absolute atomic E-state index is 0.00267. The first kappa shape index (κ1) is 19.8. The third-order valence-corrected chi connectivity index (χ3v) is 4.65. The Labute approximate surface area is 148 Å². The summed E-state index contributed by atoms with van der Waals surface area (Å²) in [7, 11) is 0. The van der Waals surface area contributed by atoms with E-state index in [-0.39, 0.29) is 23.7 Å². The number of aromatic nitrogens is 2. The zero-order valence-corrected chi connectivity index (χ0v) is 15.4. The van der Waals surface area contributed by atoms with E-state index < -0.39 is 0 Å². The van der Waals surface area contributed by atoms with Crippen LogP contribution in [0.25, 0.3) is 0 Å². The van der Waals surface area contributed by atoms with Crippen LogP contribution in [0.5, 0.6) is 0 Å². The molecule has 1 unspecified atom stereocenters. The van der Waals surface area contributed by atoms with Crippen LogP contribution in [0, 0.1) is 12.8 Å². The zero-order chi connectivity index (χ0) is 17.6. The van der Waals surface area contributed by atoms with Gasteiger partial charge in [0, 0.05) is 24.1 Å². The molecule has 0 radical (unpaired) electrons. The van der Waals surface area contributed by atoms with Gasteiger partial charge in [0.25, 0.3) is 0 Å². The van der Waals surface area contributed by atoms with Crippen LogP contribution in [-0.4, -0.2) is 37.6 Å². The number of aliphatic hydroxyl groups is 1. The summed E-state index contributed by atoms with van der Waals surface area (Å²) in [6.45, 7) is 5.82. The molecule has 3 N–H and O–H groups in total. The van der Waals surface area contributed by atoms with E-state index in [2.05, 4.69) is 35.2 Å². The highest BCUT2D eigenvalue weighted by Crippen LogP contribution is 2.28. The molecule has 1 rings (SSSR count). The lowest BCUT2D eigenvalue weighted by Gasteiger charge is -2.26. The van der Waals surface area contributed by atoms with Crippen molar-refractivity contribution < 1.29 is 9.90 Å². The van der Waals surface area contributed by atoms with Crippen molar-refractivity contribution in [3.63, 3.8) is 0 Å². The number of aryl methyl sites for hydroxylation is 1. The van der Waals surface area contributed by atoms with Crippen molar-refractivity contribution in [2.45, 2.75) is 38.3 Å². The summed E-state index contributed by atoms with van der Waals surface area (Å²) >= 11 is 8.69. The summed E-state index contributed by atoms with van der Waals surface area (Å²) in [6.07, 6.45) is 2.82. The monoisotopic (exact) mass is 356 g/mol. The molecule has 23 heavy (non-hydrogen) atoms. The maximum Gasteiger partial charge on any atom is 0.214 e. The average molecular weight is 357 g/mol. The van der Waals surface area contributed by atoms with Crippen LogP contribution in [0.15, 0.2) is 17.5 Å². The van der Waals surface area contributed by atoms with Crippen LogP contribution in [0.1, 0.15) is 31.7 Å². The summed E-state index contributed by atoms with van der Waals surface area (Å²) in [6, 6.07) is 0. The Bertz CT molecular complexity index is 579. The van der Waals surface area contributed by atoms with Gasteiger partial charge in [0.1, 0.15) is 11.6 Å². The number of nitrogen functional groups attached to an aromatic ring is 1. The third kappa shape index (κ3) is 5.40. The number of carbonyl (C=O) groups excluding carboxylic acids is 1. The fourth-order valence-corrected chi connectivity index (χ4v) is 2.64. The molecule has 0 aliphatic heterocycles. The van der Waals surface area contributed by atoms with Crippen LogP contribution < -0.4 is 5.73 Å². The molecule has 0 fully saturated rings. The molecule has 0 aromatic carbocycles. The summed E-state index contributed by atoms with van der Waals surface area (Å²) < 4.78 is -0.187. The minimum atomic E-state index is -0.187. The second-order valence-corrected chi connectivity index (χ2v) is 6.87. The number of hydrogen-bond donors (Lipinski definition) is 4. The molecular formula is C15H24N4O2S2. The van der Waals surface area contributed by atoms with E-state index in [1.807, 2.05) is 13.8 Å². The highest BCUT2D eigenvalue weighted by atomic mass is 32.2. The molecule has 0 spiro atoms. The molecule has 1 aromatic rings. The molecule has 1 amide bonds. The molecule has 1 atom stereocenters. The van der Waals surface area contributed by atoms with Crippen LogP contribution in [0.4, 0.5) is 5.82 Å². The van der Waals surface area contributed by atoms with Crippen molar-refractivity contribution in [2.24, 2.45) is 5.92 Å². The number of thiol groups is 2. The third-order valence-electron chi connectivity index (χ3n) is 3.76. The van der Waals surface area contributed by atoms with E-state index in [1.165, 1.54) is 4.90 Å². The molecule has 6 nitrogen and oxygen atoms in total. The van der Waals surface area contributed by atoms with Gasteiger partial charge in [-0.2, -0.15) is 25.3 Å². The Morgan fingerprint density at radius 1 is 1.52 bits per heavy atom. The topological polar surface area (TPSA) is 92.3 Å². The van der Waals surface area contributed by atoms with Gasteiger partial charge < -0.3 is 15.7 Å². The van der Waals surface area contributed by atoms with Crippen LogP contribution >= 0.6 is 25.3 Å². The van der Waals surface area contributed by atoms with E-state index in [1.54, 1.807) is 13.1 Å². The maximum absolute atomic E-state index is 11.5. The van der Waals surface area contributed by atoms with Gasteiger partial charge in [-0.15, -0.1) is 0 Å². The molecule has 0 aliphatic rings. The molecule has 1 heterocycles. The Balaban J connectivity index is 3.13. The lowest BCUT2D eigenvalue weighted by Crippen LogP contribution is -2.24. The standard InChI is InChI=1S/C15H24N4O2S2/c1-9(15(22)23)13(4-5-20)10(2)19(8-21)7-12-6-17-11(3)18-14(12)16/h6,8-9,15,20,22-23H,4-5,7H2,1-3H3,(H2,16,17,18). The first-order valence-corrected chi connectivity index (χ1v) is 8.31. The summed E-state index contributed by atoms with van der Waals surface area (Å²) in [5, 5.41) is 9.30. The fourth-order valence-electron chi connectivity index (χ4n) is 2.28. The first-order chi connectivity index (χ1) is 10.8. The smallest absolute Gasteiger partial charge is 0.214 e. The van der Waals surface area contributed by atoms with Gasteiger partial charge in [-0.1, -0.05) is 6.92 Å². The van der Waals surface area contributed by atoms with Crippen molar-refractivity contribution in [1.82, 2.24) is 14.9 Å². The lowest BCUT2D eigenvalue weighted by molar-refractivity contribution is -0.117. The maximum atomic E-state index is 11.5. The number of rotatable bonds is 8. The highest BCUT2D eigenvalue weighted by molar-refractivity contribution is 7.99. The van der Waals surface area contributed by atoms with Crippen molar-refractivity contribution in [1.29, 1.82) is 0 Å². The van der Waals surface area contributed by atoms with Crippen LogP contribution in [0.2, 0.25) is 0 Å². The summed E-state index contributed by atoms with van der Waals surface area (Å²) in [5.41, 5.74) is 8.26. The van der Waals surface area contributed by atoms with E-state index in [4.69, 9.17) is 5.73 Å². The van der Waals surface area contributed by atoms with Crippen molar-refractivity contribution >= 4 is 37.5 Å². The van der Waals surface area contributed by atoms with E-state index >= 15 is 0 Å². The lowest BCUT2D eigenvalue weighted by atomic mass is 9.97. The Morgan fingerprint density at radius 2 is 2.17 bits per heavy atom. The predicted molar refractivity (Wildman–Crippen MR) is 98.1 cm³/mol. The van der Waals surface area contributed by atoms with Gasteiger partial charge in [-0.3, -0.25) is 4.79 Å². The van der Waals surface area contributed by atoms with Crippen molar-refractivity contribution in [3.8, 4) is 0 Å². The van der Waals surface area contributed by atoms with Crippen LogP contribution in [0.3, 0.4) is 0 Å². The normalized spacial score (nSPS) is 13.7. The van der Waals surface area contributed by atoms with Gasteiger partial charge in [0.05, 0.1) is 11.1 Å². The molecule has 8 heteroatoms. The fraction of sp³-hybridized carbons (Fsp3) is 0.533. The molecular weight excluding hydrogens is 332 g/mol. The molecule has 0 bridgehead atoms. The summed E-state index contributed by atoms with van der Waals surface area (Å²) in [4.78, 5) is 21.3. The Kier molecular flexibility index (Phi) is 7.87. The van der Waals surface area contributed by atoms with Crippen molar-refractivity contribution in [2.75, 3.05) is 12.3 Å². The minimum Gasteiger partial charge on any atom is -0.396 e. The number of aliphatic hydroxyl groups excluding tert-OH is 1. The highest BCUT2D eigenvalue weighted by Gasteiger charge is 2.20. The number of nitrogens with zero attached hydrogens (tertiary/aromatic N) is 3. The number of anilines is 1. The molecule has 0 saturated heterocycles. The van der Waals surface area contributed by atoms with Gasteiger partial charge in [0.15, 0.2) is 0 Å². The predicted octanol–water partition coefficient (Wildman–Crippen LogP) is 1.80. The SMILES string of the molecule is CC(=C(CCO)C(C)C(S)S)N(C=O)Cc1cnc(C)nc1N. The van der Waals surface area contributed by atoms with E-state index in [0.717, 1.165) is 17.7 Å². The van der Waals surface area contributed by atoms with Gasteiger partial charge in [0.2, 0.25) is 6.41 Å². The molecule has 0 saturated carbocycles. The number of amides is 1. The molecule has 128 valence electrons. The Hall–Kier alpha value is -1.25. The molecule has 1 aromatic heterocycles. The second-order valence-electron chi connectivity index (χ2n) is 5.35. The Morgan fingerprint density at radius 3 is 2.65 bits per heavy atom. The zero-order valence-electron chi connectivity index (χ0n) is 13.6. The van der Waals surface area contributed by atoms with Gasteiger partial charge in [-0.05, 0) is 31.8 Å². The van der Waals surface area contributed by atoms with Gasteiger partial charge >= 0.3 is 0 Å². The molecule has 0 aliphatic carbocycles. The largest absolute Gasteiger partial charge is 0.396 e. The quantitative estimate of drug-likeness (QED) is 0.324. The van der Waals surface area contributed by atoms with E-state index in [0.29, 0.717) is 23.6 Å². The second kappa shape index (κ2) is 9.14. The number of carbonyl (C=O) groups is 1. The van der Waals surface area contributed by atoms with Crippen molar-refractivity contribution in [3.05, 3.63) is 28.9 Å². The van der Waals surface area contributed by atoms with Gasteiger partial charge in [-0.25, -0.2) is 9.97 Å². The summed E-state index contributed by atoms with van der Waals surface area (Å²) in [5.74, 6) is 0.941. The average Bonchev–Trinajstić information content (AvgIpc) is 2.50. The first-order valence-electron chi connectivity index (χ1n) is 7.28. The number of nitrogens with two attached hydrogens (primary N) is 1. The van der Waals surface area contributed by atoms with Crippen LogP contribution in [-0.2, 0) is 11.3 Å². The number of allylic oxidation sites excluding steroid dienone is 1. The number of hydrogen-bond acceptors (Lipinski definition) is 7. The van der Waals surface area contributed by atoms with E-state index in [9.17, 15) is 9.90 Å².